The Hall–Kier alpha value is -3.56. The maximum Gasteiger partial charge on any atom is 0.414 e. The minimum atomic E-state index is -0.586. The highest BCUT2D eigenvalue weighted by molar-refractivity contribution is 5.98. The van der Waals surface area contributed by atoms with Gasteiger partial charge >= 0.3 is 6.09 Å². The van der Waals surface area contributed by atoms with E-state index in [9.17, 15) is 14.7 Å². The maximum absolute atomic E-state index is 15.5. The molecule has 2 aromatic carbocycles. The standard InChI is InChI=1S/C35H43FN4O4/c1-35(2,3)25-6-9-30-23(19-25)18-24-20-28(29(36)21-32(24)37-30)33(42)38-31(12-15-39-13-10-27(41)11-14-39)22-4-7-26(8-5-22)40-16-17-44-34(40)43/h4-5,7-8,18,20-21,25,27,31,41H,6,9-17,19H2,1-3H3,(H,38,42)/t25?,31-/m1/s1. The van der Waals surface area contributed by atoms with E-state index in [2.05, 4.69) is 37.1 Å². The molecule has 2 N–H and O–H groups in total. The highest BCUT2D eigenvalue weighted by Crippen LogP contribution is 2.38. The Morgan fingerprint density at radius 2 is 1.86 bits per heavy atom. The number of fused-ring (bicyclic) bond motifs is 2. The molecule has 0 saturated carbocycles. The van der Waals surface area contributed by atoms with Gasteiger partial charge in [0, 0.05) is 42.5 Å². The summed E-state index contributed by atoms with van der Waals surface area (Å²) in [4.78, 5) is 34.4. The molecule has 2 saturated heterocycles. The Morgan fingerprint density at radius 1 is 1.11 bits per heavy atom. The number of nitrogens with one attached hydrogen (secondary N) is 1. The summed E-state index contributed by atoms with van der Waals surface area (Å²) in [5, 5.41) is 13.8. The monoisotopic (exact) mass is 602 g/mol. The smallest absolute Gasteiger partial charge is 0.414 e. The van der Waals surface area contributed by atoms with Gasteiger partial charge in [0.25, 0.3) is 5.91 Å². The van der Waals surface area contributed by atoms with Gasteiger partial charge in [-0.15, -0.1) is 0 Å². The van der Waals surface area contributed by atoms with Gasteiger partial charge in [-0.1, -0.05) is 32.9 Å². The third kappa shape index (κ3) is 6.59. The fourth-order valence-electron chi connectivity index (χ4n) is 6.79. The molecule has 3 aromatic rings. The summed E-state index contributed by atoms with van der Waals surface area (Å²) in [5.74, 6) is -0.512. The lowest BCUT2D eigenvalue weighted by atomic mass is 9.71. The number of aliphatic hydroxyl groups is 1. The van der Waals surface area contributed by atoms with Gasteiger partial charge in [-0.2, -0.15) is 0 Å². The highest BCUT2D eigenvalue weighted by atomic mass is 19.1. The predicted octanol–water partition coefficient (Wildman–Crippen LogP) is 5.80. The summed E-state index contributed by atoms with van der Waals surface area (Å²) in [6.07, 6.45) is 4.33. The van der Waals surface area contributed by atoms with E-state index in [0.29, 0.717) is 31.0 Å². The van der Waals surface area contributed by atoms with Crippen molar-refractivity contribution < 1.29 is 23.8 Å². The summed E-state index contributed by atoms with van der Waals surface area (Å²) in [7, 11) is 0. The largest absolute Gasteiger partial charge is 0.447 e. The number of likely N-dealkylation sites (tertiary alicyclic amines) is 1. The lowest BCUT2D eigenvalue weighted by Gasteiger charge is -2.34. The number of ether oxygens (including phenoxy) is 1. The lowest BCUT2D eigenvalue weighted by molar-refractivity contribution is 0.0795. The minimum absolute atomic E-state index is 0.00459. The molecule has 3 aliphatic rings. The van der Waals surface area contributed by atoms with Gasteiger partial charge in [-0.25, -0.2) is 9.18 Å². The number of piperidine rings is 1. The van der Waals surface area contributed by atoms with Crippen LogP contribution in [0.1, 0.15) is 79.7 Å². The van der Waals surface area contributed by atoms with Crippen molar-refractivity contribution in [3.05, 3.63) is 70.7 Å². The Labute approximate surface area is 258 Å². The third-order valence-corrected chi connectivity index (χ3v) is 9.70. The van der Waals surface area contributed by atoms with Gasteiger partial charge in [-0.05, 0) is 85.3 Å². The van der Waals surface area contributed by atoms with E-state index in [0.717, 1.165) is 74.1 Å². The summed E-state index contributed by atoms with van der Waals surface area (Å²) in [6, 6.07) is 12.3. The van der Waals surface area contributed by atoms with Crippen molar-refractivity contribution in [2.75, 3.05) is 37.7 Å². The fourth-order valence-corrected chi connectivity index (χ4v) is 6.79. The summed E-state index contributed by atoms with van der Waals surface area (Å²) < 4.78 is 20.5. The Morgan fingerprint density at radius 3 is 2.55 bits per heavy atom. The van der Waals surface area contributed by atoms with Crippen LogP contribution in [0.5, 0.6) is 0 Å². The van der Waals surface area contributed by atoms with Crippen LogP contribution in [0.2, 0.25) is 0 Å². The van der Waals surface area contributed by atoms with Gasteiger partial charge in [0.2, 0.25) is 0 Å². The second-order valence-electron chi connectivity index (χ2n) is 13.7. The van der Waals surface area contributed by atoms with Crippen molar-refractivity contribution in [3.63, 3.8) is 0 Å². The zero-order chi connectivity index (χ0) is 31.0. The van der Waals surface area contributed by atoms with Gasteiger partial charge in [0.05, 0.1) is 29.8 Å². The Bertz CT molecular complexity index is 1530. The van der Waals surface area contributed by atoms with Crippen molar-refractivity contribution in [3.8, 4) is 0 Å². The van der Waals surface area contributed by atoms with E-state index >= 15 is 4.39 Å². The average molecular weight is 603 g/mol. The number of carbonyl (C=O) groups excluding carboxylic acids is 2. The van der Waals surface area contributed by atoms with Gasteiger partial charge in [0.1, 0.15) is 12.4 Å². The molecule has 2 fully saturated rings. The highest BCUT2D eigenvalue weighted by Gasteiger charge is 2.30. The van der Waals surface area contributed by atoms with E-state index in [1.54, 1.807) is 11.0 Å². The molecule has 0 spiro atoms. The molecule has 1 aromatic heterocycles. The molecule has 2 aliphatic heterocycles. The number of benzene rings is 2. The van der Waals surface area contributed by atoms with Crippen molar-refractivity contribution in [1.82, 2.24) is 15.2 Å². The summed E-state index contributed by atoms with van der Waals surface area (Å²) in [6.45, 7) is 9.99. The quantitative estimate of drug-likeness (QED) is 0.355. The molecule has 0 bridgehead atoms. The molecule has 2 amide bonds. The fraction of sp³-hybridized carbons (Fsp3) is 0.514. The van der Waals surface area contributed by atoms with Crippen LogP contribution < -0.4 is 10.2 Å². The first-order valence-electron chi connectivity index (χ1n) is 15.9. The van der Waals surface area contributed by atoms with E-state index in [4.69, 9.17) is 9.72 Å². The zero-order valence-corrected chi connectivity index (χ0v) is 25.9. The number of rotatable bonds is 7. The maximum atomic E-state index is 15.5. The van der Waals surface area contributed by atoms with Gasteiger partial charge < -0.3 is 20.1 Å². The number of hydrogen-bond donors (Lipinski definition) is 2. The molecule has 0 radical (unpaired) electrons. The normalized spacial score (nSPS) is 20.4. The Kier molecular flexibility index (Phi) is 8.61. The first kappa shape index (κ1) is 30.5. The number of hydrogen-bond acceptors (Lipinski definition) is 6. The molecule has 234 valence electrons. The number of cyclic esters (lactones) is 1. The third-order valence-electron chi connectivity index (χ3n) is 9.70. The molecular formula is C35H43FN4O4. The van der Waals surface area contributed by atoms with Crippen molar-refractivity contribution in [1.29, 1.82) is 0 Å². The Balaban J connectivity index is 1.24. The van der Waals surface area contributed by atoms with Crippen molar-refractivity contribution in [2.45, 2.75) is 71.4 Å². The second kappa shape index (κ2) is 12.4. The number of carbonyl (C=O) groups is 2. The summed E-state index contributed by atoms with van der Waals surface area (Å²) in [5.41, 5.74) is 4.60. The molecule has 2 atom stereocenters. The van der Waals surface area contributed by atoms with Gasteiger partial charge in [-0.3, -0.25) is 14.7 Å². The molecule has 8 nitrogen and oxygen atoms in total. The number of halogens is 1. The van der Waals surface area contributed by atoms with Crippen LogP contribution in [-0.4, -0.2) is 65.9 Å². The minimum Gasteiger partial charge on any atom is -0.447 e. The van der Waals surface area contributed by atoms with Crippen LogP contribution in [0.15, 0.2) is 42.5 Å². The molecule has 3 heterocycles. The van der Waals surface area contributed by atoms with E-state index in [1.807, 2.05) is 24.3 Å². The zero-order valence-electron chi connectivity index (χ0n) is 25.9. The van der Waals surface area contributed by atoms with E-state index in [-0.39, 0.29) is 29.2 Å². The topological polar surface area (TPSA) is 95.0 Å². The summed E-state index contributed by atoms with van der Waals surface area (Å²) >= 11 is 0. The van der Waals surface area contributed by atoms with Crippen LogP contribution in [0.3, 0.4) is 0 Å². The van der Waals surface area contributed by atoms with Crippen LogP contribution in [0, 0.1) is 17.2 Å². The van der Waals surface area contributed by atoms with Crippen LogP contribution in [0.25, 0.3) is 10.9 Å². The first-order chi connectivity index (χ1) is 21.0. The molecule has 9 heteroatoms. The number of amides is 2. The number of pyridine rings is 1. The molecule has 1 unspecified atom stereocenters. The SMILES string of the molecule is CC(C)(C)C1CCc2nc3cc(F)c(C(=O)N[C@H](CCN4CCC(O)CC4)c4ccc(N5CCOC5=O)cc4)cc3cc2C1. The van der Waals surface area contributed by atoms with Gasteiger partial charge in [0.15, 0.2) is 0 Å². The number of aliphatic hydroxyl groups excluding tert-OH is 1. The van der Waals surface area contributed by atoms with Crippen molar-refractivity contribution in [2.24, 2.45) is 11.3 Å². The molecule has 6 rings (SSSR count). The average Bonchev–Trinajstić information content (AvgIpc) is 3.43. The number of aryl methyl sites for hydroxylation is 1. The number of anilines is 1. The van der Waals surface area contributed by atoms with Crippen LogP contribution in [-0.2, 0) is 17.6 Å². The number of aromatic nitrogens is 1. The first-order valence-corrected chi connectivity index (χ1v) is 15.9. The molecular weight excluding hydrogens is 559 g/mol. The van der Waals surface area contributed by atoms with Crippen molar-refractivity contribution >= 4 is 28.6 Å². The molecule has 44 heavy (non-hydrogen) atoms. The predicted molar refractivity (Wildman–Crippen MR) is 168 cm³/mol. The molecule has 1 aliphatic carbocycles. The van der Waals surface area contributed by atoms with Crippen LogP contribution >= 0.6 is 0 Å². The lowest BCUT2D eigenvalue weighted by Crippen LogP contribution is -2.38. The second-order valence-corrected chi connectivity index (χ2v) is 13.7. The van der Waals surface area contributed by atoms with Crippen LogP contribution in [0.4, 0.5) is 14.9 Å². The number of nitrogens with zero attached hydrogens (tertiary/aromatic N) is 3. The van der Waals surface area contributed by atoms with E-state index < -0.39 is 11.7 Å². The van der Waals surface area contributed by atoms with E-state index in [1.165, 1.54) is 11.6 Å².